The average molecular weight is 306 g/mol. The van der Waals surface area contributed by atoms with Gasteiger partial charge in [-0.05, 0) is 19.3 Å². The van der Waals surface area contributed by atoms with Gasteiger partial charge in [0.1, 0.15) is 5.82 Å². The van der Waals surface area contributed by atoms with Crippen LogP contribution in [0.4, 0.5) is 14.6 Å². The van der Waals surface area contributed by atoms with Crippen molar-refractivity contribution in [2.24, 2.45) is 5.73 Å². The number of hydrogen-bond donors (Lipinski definition) is 1. The smallest absolute Gasteiger partial charge is 0.219 e. The molecule has 1 aromatic heterocycles. The third kappa shape index (κ3) is 2.84. The molecule has 1 fully saturated rings. The first-order chi connectivity index (χ1) is 10.5. The summed E-state index contributed by atoms with van der Waals surface area (Å²) in [6, 6.07) is 2.04. The Balaban J connectivity index is 1.97. The molecule has 1 atom stereocenters. The fourth-order valence-electron chi connectivity index (χ4n) is 2.88. The van der Waals surface area contributed by atoms with Crippen LogP contribution in [0.1, 0.15) is 25.7 Å². The summed E-state index contributed by atoms with van der Waals surface area (Å²) in [4.78, 5) is 21.7. The zero-order valence-corrected chi connectivity index (χ0v) is 11.9. The summed E-state index contributed by atoms with van der Waals surface area (Å²) in [7, 11) is 0. The molecule has 1 aliphatic rings. The highest BCUT2D eigenvalue weighted by Crippen LogP contribution is 2.26. The second-order valence-electron chi connectivity index (χ2n) is 5.50. The van der Waals surface area contributed by atoms with E-state index in [4.69, 9.17) is 5.73 Å². The van der Waals surface area contributed by atoms with Gasteiger partial charge in [0.05, 0.1) is 17.2 Å². The molecule has 0 saturated carbocycles. The number of nitrogens with zero attached hydrogens (tertiary/aromatic N) is 3. The molecule has 1 aromatic carbocycles. The maximum atomic E-state index is 13.4. The number of primary amides is 1. The van der Waals surface area contributed by atoms with Crippen molar-refractivity contribution in [3.05, 3.63) is 30.0 Å². The summed E-state index contributed by atoms with van der Waals surface area (Å²) in [5, 5.41) is 0. The maximum Gasteiger partial charge on any atom is 0.219 e. The number of piperidine rings is 1. The maximum absolute atomic E-state index is 13.4. The summed E-state index contributed by atoms with van der Waals surface area (Å²) >= 11 is 0. The third-order valence-electron chi connectivity index (χ3n) is 3.93. The zero-order valence-electron chi connectivity index (χ0n) is 11.9. The van der Waals surface area contributed by atoms with E-state index in [1.807, 2.05) is 4.90 Å². The van der Waals surface area contributed by atoms with Gasteiger partial charge in [0.25, 0.3) is 0 Å². The van der Waals surface area contributed by atoms with E-state index in [2.05, 4.69) is 9.97 Å². The van der Waals surface area contributed by atoms with E-state index in [9.17, 15) is 13.6 Å². The molecule has 1 amide bonds. The lowest BCUT2D eigenvalue weighted by molar-refractivity contribution is -0.118. The summed E-state index contributed by atoms with van der Waals surface area (Å²) in [5.41, 5.74) is 5.89. The van der Waals surface area contributed by atoms with E-state index < -0.39 is 11.6 Å². The van der Waals surface area contributed by atoms with Gasteiger partial charge >= 0.3 is 0 Å². The number of benzene rings is 1. The molecule has 116 valence electrons. The van der Waals surface area contributed by atoms with Crippen LogP contribution in [0.15, 0.2) is 18.3 Å². The minimum absolute atomic E-state index is 0.0247. The number of carbonyl (C=O) groups excluding carboxylic acids is 1. The molecule has 2 heterocycles. The van der Waals surface area contributed by atoms with Crippen molar-refractivity contribution < 1.29 is 13.6 Å². The van der Waals surface area contributed by atoms with E-state index in [1.54, 1.807) is 0 Å². The number of anilines is 1. The number of carbonyl (C=O) groups is 1. The molecule has 0 bridgehead atoms. The van der Waals surface area contributed by atoms with E-state index in [-0.39, 0.29) is 18.4 Å². The fourth-order valence-corrected chi connectivity index (χ4v) is 2.88. The Morgan fingerprint density at radius 3 is 2.73 bits per heavy atom. The molecule has 0 aliphatic carbocycles. The molecule has 3 rings (SSSR count). The van der Waals surface area contributed by atoms with E-state index >= 15 is 0 Å². The van der Waals surface area contributed by atoms with Gasteiger partial charge in [-0.2, -0.15) is 0 Å². The molecule has 0 radical (unpaired) electrons. The molecular formula is C15H16F2N4O. The lowest BCUT2D eigenvalue weighted by atomic mass is 9.99. The van der Waals surface area contributed by atoms with Gasteiger partial charge in [-0.1, -0.05) is 0 Å². The van der Waals surface area contributed by atoms with Crippen molar-refractivity contribution in [3.8, 4) is 0 Å². The minimum atomic E-state index is -0.953. The Labute approximate surface area is 126 Å². The average Bonchev–Trinajstić information content (AvgIpc) is 2.48. The second kappa shape index (κ2) is 5.82. The Morgan fingerprint density at radius 1 is 1.27 bits per heavy atom. The molecule has 1 aliphatic heterocycles. The standard InChI is InChI=1S/C15H16F2N4O/c16-10-6-12-13(7-11(10)17)20-15(8-19-12)21-4-2-1-3-9(21)5-14(18)22/h6-9H,1-5H2,(H2,18,22)/t9-/m0/s1. The first kappa shape index (κ1) is 14.6. The van der Waals surface area contributed by atoms with E-state index in [1.165, 1.54) is 6.20 Å². The van der Waals surface area contributed by atoms with Crippen LogP contribution < -0.4 is 10.6 Å². The summed E-state index contributed by atoms with van der Waals surface area (Å²) in [6.45, 7) is 0.738. The highest BCUT2D eigenvalue weighted by Gasteiger charge is 2.25. The van der Waals surface area contributed by atoms with Crippen LogP contribution in [-0.2, 0) is 4.79 Å². The number of nitrogens with two attached hydrogens (primary N) is 1. The highest BCUT2D eigenvalue weighted by molar-refractivity contribution is 5.77. The molecular weight excluding hydrogens is 290 g/mol. The van der Waals surface area contributed by atoms with Crippen molar-refractivity contribution in [3.63, 3.8) is 0 Å². The van der Waals surface area contributed by atoms with Gasteiger partial charge in [-0.15, -0.1) is 0 Å². The number of halogens is 2. The number of rotatable bonds is 3. The summed E-state index contributed by atoms with van der Waals surface area (Å²) < 4.78 is 26.6. The van der Waals surface area contributed by atoms with Crippen molar-refractivity contribution in [1.29, 1.82) is 0 Å². The zero-order chi connectivity index (χ0) is 15.7. The molecule has 0 spiro atoms. The van der Waals surface area contributed by atoms with Gasteiger partial charge in [0.2, 0.25) is 5.91 Å². The van der Waals surface area contributed by atoms with Crippen LogP contribution >= 0.6 is 0 Å². The lowest BCUT2D eigenvalue weighted by Gasteiger charge is -2.36. The van der Waals surface area contributed by atoms with Gasteiger partial charge in [0.15, 0.2) is 11.6 Å². The van der Waals surface area contributed by atoms with Crippen LogP contribution in [0.3, 0.4) is 0 Å². The molecule has 2 N–H and O–H groups in total. The van der Waals surface area contributed by atoms with Gasteiger partial charge in [-0.3, -0.25) is 9.78 Å². The van der Waals surface area contributed by atoms with Gasteiger partial charge in [0, 0.05) is 31.1 Å². The SMILES string of the molecule is NC(=O)C[C@@H]1CCCCN1c1cnc2cc(F)c(F)cc2n1. The molecule has 2 aromatic rings. The predicted molar refractivity (Wildman–Crippen MR) is 78.3 cm³/mol. The van der Waals surface area contributed by atoms with E-state index in [0.29, 0.717) is 16.9 Å². The number of fused-ring (bicyclic) bond motifs is 1. The third-order valence-corrected chi connectivity index (χ3v) is 3.93. The Hall–Kier alpha value is -2.31. The molecule has 22 heavy (non-hydrogen) atoms. The first-order valence-corrected chi connectivity index (χ1v) is 7.21. The van der Waals surface area contributed by atoms with Crippen molar-refractivity contribution in [2.75, 3.05) is 11.4 Å². The fraction of sp³-hybridized carbons (Fsp3) is 0.400. The monoisotopic (exact) mass is 306 g/mol. The molecule has 5 nitrogen and oxygen atoms in total. The quantitative estimate of drug-likeness (QED) is 0.943. The molecule has 1 saturated heterocycles. The number of aromatic nitrogens is 2. The Bertz CT molecular complexity index is 722. The Morgan fingerprint density at radius 2 is 2.00 bits per heavy atom. The van der Waals surface area contributed by atoms with Crippen LogP contribution in [0, 0.1) is 11.6 Å². The van der Waals surface area contributed by atoms with Gasteiger partial charge in [-0.25, -0.2) is 13.8 Å². The molecule has 7 heteroatoms. The first-order valence-electron chi connectivity index (χ1n) is 7.21. The molecule has 0 unspecified atom stereocenters. The summed E-state index contributed by atoms with van der Waals surface area (Å²) in [6.07, 6.45) is 4.62. The van der Waals surface area contributed by atoms with Gasteiger partial charge < -0.3 is 10.6 Å². The van der Waals surface area contributed by atoms with Crippen LogP contribution in [-0.4, -0.2) is 28.5 Å². The van der Waals surface area contributed by atoms with Crippen LogP contribution in [0.5, 0.6) is 0 Å². The van der Waals surface area contributed by atoms with Crippen LogP contribution in [0.25, 0.3) is 11.0 Å². The normalized spacial score (nSPS) is 18.6. The largest absolute Gasteiger partial charge is 0.370 e. The van der Waals surface area contributed by atoms with Crippen molar-refractivity contribution >= 4 is 22.8 Å². The van der Waals surface area contributed by atoms with Crippen molar-refractivity contribution in [2.45, 2.75) is 31.7 Å². The highest BCUT2D eigenvalue weighted by atomic mass is 19.2. The minimum Gasteiger partial charge on any atom is -0.370 e. The van der Waals surface area contributed by atoms with Crippen LogP contribution in [0.2, 0.25) is 0 Å². The number of amides is 1. The van der Waals surface area contributed by atoms with E-state index in [0.717, 1.165) is 37.9 Å². The Kier molecular flexibility index (Phi) is 3.87. The lowest BCUT2D eigenvalue weighted by Crippen LogP contribution is -2.42. The second-order valence-corrected chi connectivity index (χ2v) is 5.50. The topological polar surface area (TPSA) is 72.1 Å². The summed E-state index contributed by atoms with van der Waals surface area (Å²) in [5.74, 6) is -1.70. The predicted octanol–water partition coefficient (Wildman–Crippen LogP) is 2.14. The van der Waals surface area contributed by atoms with Crippen molar-refractivity contribution in [1.82, 2.24) is 9.97 Å². The number of hydrogen-bond acceptors (Lipinski definition) is 4.